The van der Waals surface area contributed by atoms with Crippen LogP contribution < -0.4 is 15.4 Å². The number of carbonyl (C=O) groups excluding carboxylic acids is 3. The molecule has 3 amide bonds. The van der Waals surface area contributed by atoms with Crippen molar-refractivity contribution in [2.45, 2.75) is 19.1 Å². The Kier molecular flexibility index (Phi) is 6.73. The van der Waals surface area contributed by atoms with Gasteiger partial charge in [0.05, 0.1) is 0 Å². The van der Waals surface area contributed by atoms with Crippen LogP contribution in [0.5, 0.6) is 5.75 Å². The van der Waals surface area contributed by atoms with Crippen molar-refractivity contribution < 1.29 is 23.9 Å². The molecule has 136 valence electrons. The molecule has 7 heteroatoms. The zero-order valence-corrected chi connectivity index (χ0v) is 14.5. The van der Waals surface area contributed by atoms with E-state index in [0.717, 1.165) is 0 Å². The largest absolute Gasteiger partial charge is 0.479 e. The minimum Gasteiger partial charge on any atom is -0.479 e. The molecular weight excluding hydrogens is 336 g/mol. The highest BCUT2D eigenvalue weighted by atomic mass is 16.6. The normalized spacial score (nSPS) is 12.4. The van der Waals surface area contributed by atoms with Crippen LogP contribution >= 0.6 is 0 Å². The van der Waals surface area contributed by atoms with Crippen LogP contribution in [0.3, 0.4) is 0 Å². The molecule has 0 heterocycles. The first-order chi connectivity index (χ1) is 12.5. The summed E-state index contributed by atoms with van der Waals surface area (Å²) in [5, 5.41) is 4.39. The van der Waals surface area contributed by atoms with Crippen LogP contribution in [0.25, 0.3) is 0 Å². The molecule has 0 aromatic heterocycles. The number of amides is 3. The van der Waals surface area contributed by atoms with Crippen molar-refractivity contribution in [2.24, 2.45) is 0 Å². The summed E-state index contributed by atoms with van der Waals surface area (Å²) in [6.07, 6.45) is -2.21. The lowest BCUT2D eigenvalue weighted by molar-refractivity contribution is -0.162. The van der Waals surface area contributed by atoms with E-state index in [1.54, 1.807) is 54.6 Å². The molecule has 26 heavy (non-hydrogen) atoms. The highest BCUT2D eigenvalue weighted by Gasteiger charge is 2.29. The van der Waals surface area contributed by atoms with Gasteiger partial charge in [0.1, 0.15) is 5.75 Å². The highest BCUT2D eigenvalue weighted by Crippen LogP contribution is 2.20. The molecule has 2 aromatic rings. The molecule has 2 atom stereocenters. The van der Waals surface area contributed by atoms with E-state index < -0.39 is 30.1 Å². The second kappa shape index (κ2) is 9.22. The summed E-state index contributed by atoms with van der Waals surface area (Å²) in [4.78, 5) is 36.1. The minimum absolute atomic E-state index is 0.439. The molecule has 2 N–H and O–H groups in total. The van der Waals surface area contributed by atoms with Gasteiger partial charge in [-0.1, -0.05) is 48.5 Å². The van der Waals surface area contributed by atoms with Gasteiger partial charge in [0.25, 0.3) is 5.91 Å². The molecule has 0 spiro atoms. The molecular formula is C19H20N2O5. The number of rotatable bonds is 6. The third-order valence-corrected chi connectivity index (χ3v) is 3.43. The van der Waals surface area contributed by atoms with Gasteiger partial charge in [-0.25, -0.2) is 9.59 Å². The average Bonchev–Trinajstić information content (AvgIpc) is 2.67. The minimum atomic E-state index is -1.28. The Balaban J connectivity index is 2.11. The Morgan fingerprint density at radius 3 is 2.08 bits per heavy atom. The summed E-state index contributed by atoms with van der Waals surface area (Å²) < 4.78 is 10.8. The maximum Gasteiger partial charge on any atom is 0.348 e. The van der Waals surface area contributed by atoms with Crippen molar-refractivity contribution in [3.8, 4) is 5.75 Å². The van der Waals surface area contributed by atoms with E-state index in [2.05, 4.69) is 10.6 Å². The van der Waals surface area contributed by atoms with Crippen molar-refractivity contribution in [3.63, 3.8) is 0 Å². The number of ether oxygens (including phenoxy) is 2. The lowest BCUT2D eigenvalue weighted by Gasteiger charge is -2.20. The second-order valence-corrected chi connectivity index (χ2v) is 5.37. The number of carbonyl (C=O) groups is 3. The fraction of sp³-hybridized carbons (Fsp3) is 0.211. The molecule has 0 aliphatic heterocycles. The Morgan fingerprint density at radius 2 is 1.50 bits per heavy atom. The molecule has 2 aromatic carbocycles. The molecule has 0 bridgehead atoms. The zero-order chi connectivity index (χ0) is 18.9. The lowest BCUT2D eigenvalue weighted by atomic mass is 10.1. The van der Waals surface area contributed by atoms with Gasteiger partial charge >= 0.3 is 12.0 Å². The van der Waals surface area contributed by atoms with Crippen LogP contribution in [0.2, 0.25) is 0 Å². The maximum atomic E-state index is 12.4. The topological polar surface area (TPSA) is 93.7 Å². The Morgan fingerprint density at radius 1 is 0.923 bits per heavy atom. The summed E-state index contributed by atoms with van der Waals surface area (Å²) in [5.41, 5.74) is 0.439. The van der Waals surface area contributed by atoms with Crippen molar-refractivity contribution >= 4 is 17.9 Å². The van der Waals surface area contributed by atoms with E-state index in [0.29, 0.717) is 11.3 Å². The van der Waals surface area contributed by atoms with E-state index in [1.807, 2.05) is 6.07 Å². The van der Waals surface area contributed by atoms with Gasteiger partial charge < -0.3 is 14.8 Å². The molecule has 0 radical (unpaired) electrons. The van der Waals surface area contributed by atoms with Crippen molar-refractivity contribution in [3.05, 3.63) is 66.2 Å². The van der Waals surface area contributed by atoms with Crippen molar-refractivity contribution in [1.29, 1.82) is 0 Å². The predicted octanol–water partition coefficient (Wildman–Crippen LogP) is 2.19. The van der Waals surface area contributed by atoms with Gasteiger partial charge in [-0.2, -0.15) is 0 Å². The highest BCUT2D eigenvalue weighted by molar-refractivity contribution is 5.97. The number of imide groups is 1. The maximum absolute atomic E-state index is 12.4. The number of para-hydroxylation sites is 1. The van der Waals surface area contributed by atoms with Gasteiger partial charge in [0.15, 0.2) is 6.10 Å². The number of esters is 1. The molecule has 0 aliphatic carbocycles. The fourth-order valence-corrected chi connectivity index (χ4v) is 2.10. The third kappa shape index (κ3) is 5.34. The molecule has 0 saturated heterocycles. The first kappa shape index (κ1) is 19.0. The summed E-state index contributed by atoms with van der Waals surface area (Å²) in [5.74, 6) is -0.978. The Bertz CT molecular complexity index is 749. The van der Waals surface area contributed by atoms with Crippen molar-refractivity contribution in [1.82, 2.24) is 10.6 Å². The van der Waals surface area contributed by atoms with Crippen LogP contribution in [0.4, 0.5) is 4.79 Å². The number of hydrogen-bond donors (Lipinski definition) is 2. The van der Waals surface area contributed by atoms with Crippen LogP contribution in [0.15, 0.2) is 60.7 Å². The molecule has 7 nitrogen and oxygen atoms in total. The van der Waals surface area contributed by atoms with E-state index in [-0.39, 0.29) is 0 Å². The third-order valence-electron chi connectivity index (χ3n) is 3.43. The van der Waals surface area contributed by atoms with Crippen LogP contribution in [0, 0.1) is 0 Å². The van der Waals surface area contributed by atoms with Crippen LogP contribution in [-0.2, 0) is 14.3 Å². The number of nitrogens with one attached hydrogen (secondary N) is 2. The Labute approximate surface area is 151 Å². The summed E-state index contributed by atoms with van der Waals surface area (Å²) in [7, 11) is 1.38. The molecule has 0 aliphatic rings. The fourth-order valence-electron chi connectivity index (χ4n) is 2.10. The molecule has 0 unspecified atom stereocenters. The predicted molar refractivity (Wildman–Crippen MR) is 94.4 cm³/mol. The van der Waals surface area contributed by atoms with Crippen molar-refractivity contribution in [2.75, 3.05) is 7.05 Å². The summed E-state index contributed by atoms with van der Waals surface area (Å²) >= 11 is 0. The van der Waals surface area contributed by atoms with E-state index in [9.17, 15) is 14.4 Å². The van der Waals surface area contributed by atoms with E-state index in [1.165, 1.54) is 14.0 Å². The first-order valence-corrected chi connectivity index (χ1v) is 8.01. The van der Waals surface area contributed by atoms with Crippen LogP contribution in [0.1, 0.15) is 18.6 Å². The van der Waals surface area contributed by atoms with Crippen LogP contribution in [-0.4, -0.2) is 31.1 Å². The number of hydrogen-bond acceptors (Lipinski definition) is 5. The SMILES string of the molecule is CNC(=O)NC(=O)[C@H](OC(=O)[C@H](C)Oc1ccccc1)c1ccccc1. The standard InChI is InChI=1S/C19H20N2O5/c1-13(25-15-11-7-4-8-12-15)18(23)26-16(14-9-5-3-6-10-14)17(22)21-19(24)20-2/h3-13,16H,1-2H3,(H2,20,21,22,24)/t13-,16+/m0/s1. The van der Waals surface area contributed by atoms with Gasteiger partial charge in [-0.3, -0.25) is 10.1 Å². The summed E-state index contributed by atoms with van der Waals surface area (Å²) in [6, 6.07) is 16.5. The second-order valence-electron chi connectivity index (χ2n) is 5.37. The summed E-state index contributed by atoms with van der Waals surface area (Å²) in [6.45, 7) is 1.52. The number of urea groups is 1. The number of benzene rings is 2. The molecule has 2 rings (SSSR count). The van der Waals surface area contributed by atoms with E-state index >= 15 is 0 Å². The average molecular weight is 356 g/mol. The Hall–Kier alpha value is -3.35. The van der Waals surface area contributed by atoms with Gasteiger partial charge in [-0.15, -0.1) is 0 Å². The van der Waals surface area contributed by atoms with Gasteiger partial charge in [-0.05, 0) is 19.1 Å². The smallest absolute Gasteiger partial charge is 0.348 e. The first-order valence-electron chi connectivity index (χ1n) is 8.01. The van der Waals surface area contributed by atoms with Gasteiger partial charge in [0.2, 0.25) is 6.10 Å². The molecule has 0 fully saturated rings. The van der Waals surface area contributed by atoms with E-state index in [4.69, 9.17) is 9.47 Å². The molecule has 0 saturated carbocycles. The lowest BCUT2D eigenvalue weighted by Crippen LogP contribution is -2.42. The monoisotopic (exact) mass is 356 g/mol. The zero-order valence-electron chi connectivity index (χ0n) is 14.5. The van der Waals surface area contributed by atoms with Gasteiger partial charge in [0, 0.05) is 12.6 Å². The quantitative estimate of drug-likeness (QED) is 0.774.